The molecular formula is C35H52O7. The summed E-state index contributed by atoms with van der Waals surface area (Å²) < 4.78 is 16.0. The van der Waals surface area contributed by atoms with Gasteiger partial charge in [-0.3, -0.25) is 9.59 Å². The zero-order valence-corrected chi connectivity index (χ0v) is 27.4. The molecule has 0 aliphatic rings. The number of phenols is 2. The van der Waals surface area contributed by atoms with Crippen LogP contribution in [0.5, 0.6) is 11.5 Å². The molecule has 0 unspecified atom stereocenters. The fourth-order valence-electron chi connectivity index (χ4n) is 4.72. The average Bonchev–Trinajstić information content (AvgIpc) is 2.85. The van der Waals surface area contributed by atoms with Gasteiger partial charge in [0.15, 0.2) is 0 Å². The van der Waals surface area contributed by atoms with Gasteiger partial charge in [-0.25, -0.2) is 0 Å². The van der Waals surface area contributed by atoms with Gasteiger partial charge in [-0.15, -0.1) is 0 Å². The van der Waals surface area contributed by atoms with Crippen molar-refractivity contribution in [2.45, 2.75) is 111 Å². The van der Waals surface area contributed by atoms with Gasteiger partial charge in [0.2, 0.25) is 0 Å². The number of hydrogen-bond donors (Lipinski definition) is 2. The summed E-state index contributed by atoms with van der Waals surface area (Å²) in [6, 6.07) is 7.82. The van der Waals surface area contributed by atoms with Crippen molar-refractivity contribution in [3.63, 3.8) is 0 Å². The molecule has 0 bridgehead atoms. The highest BCUT2D eigenvalue weighted by Gasteiger charge is 2.26. The minimum atomic E-state index is -0.313. The van der Waals surface area contributed by atoms with Crippen molar-refractivity contribution < 1.29 is 34.0 Å². The van der Waals surface area contributed by atoms with Gasteiger partial charge in [-0.1, -0.05) is 86.6 Å². The second-order valence-electron chi connectivity index (χ2n) is 14.2. The van der Waals surface area contributed by atoms with E-state index in [0.717, 1.165) is 33.4 Å². The van der Waals surface area contributed by atoms with Crippen LogP contribution >= 0.6 is 0 Å². The first-order valence-electron chi connectivity index (χ1n) is 14.9. The molecule has 0 saturated carbocycles. The summed E-state index contributed by atoms with van der Waals surface area (Å²) in [5.74, 6) is 0.00276. The third-order valence-electron chi connectivity index (χ3n) is 7.17. The Morgan fingerprint density at radius 3 is 1.33 bits per heavy atom. The number of carbonyl (C=O) groups is 2. The largest absolute Gasteiger partial charge is 0.507 e. The van der Waals surface area contributed by atoms with E-state index in [1.54, 1.807) is 0 Å². The van der Waals surface area contributed by atoms with E-state index in [4.69, 9.17) is 14.2 Å². The molecule has 2 N–H and O–H groups in total. The van der Waals surface area contributed by atoms with Gasteiger partial charge in [0.25, 0.3) is 0 Å². The topological polar surface area (TPSA) is 102 Å². The smallest absolute Gasteiger partial charge is 0.306 e. The summed E-state index contributed by atoms with van der Waals surface area (Å²) in [5.41, 5.74) is 4.73. The molecule has 0 saturated heterocycles. The Balaban J connectivity index is 1.70. The van der Waals surface area contributed by atoms with E-state index in [0.29, 0.717) is 24.3 Å². The third-order valence-corrected chi connectivity index (χ3v) is 7.17. The van der Waals surface area contributed by atoms with E-state index in [-0.39, 0.29) is 67.5 Å². The van der Waals surface area contributed by atoms with Gasteiger partial charge in [-0.05, 0) is 69.4 Å². The van der Waals surface area contributed by atoms with Crippen LogP contribution in [-0.2, 0) is 52.9 Å². The second-order valence-corrected chi connectivity index (χ2v) is 14.2. The third kappa shape index (κ3) is 10.6. The molecule has 2 rings (SSSR count). The Kier molecular flexibility index (Phi) is 12.1. The number of rotatable bonds is 12. The summed E-state index contributed by atoms with van der Waals surface area (Å²) in [4.78, 5) is 24.5. The van der Waals surface area contributed by atoms with Gasteiger partial charge in [-0.2, -0.15) is 0 Å². The highest BCUT2D eigenvalue weighted by Crippen LogP contribution is 2.40. The standard InChI is InChI=1S/C35H52O7/c1-23-19-24(20-26(31(23)38)33(2,3)4)11-13-29(36)41-17-15-40-16-18-42-30(37)14-12-25-21-27(34(5,6)7)32(39)28(22-25)35(8,9)10/h19-22,38-39H,11-18H2,1-10H3. The molecule has 2 aromatic carbocycles. The maximum absolute atomic E-state index is 12.3. The van der Waals surface area contributed by atoms with Gasteiger partial charge in [0.05, 0.1) is 13.2 Å². The Labute approximate surface area is 252 Å². The van der Waals surface area contributed by atoms with E-state index in [1.165, 1.54) is 0 Å². The number of phenolic OH excluding ortho intramolecular Hbond substituents is 2. The van der Waals surface area contributed by atoms with E-state index < -0.39 is 0 Å². The number of esters is 2. The first-order chi connectivity index (χ1) is 19.3. The second kappa shape index (κ2) is 14.4. The SMILES string of the molecule is Cc1cc(CCC(=O)OCCOCCOC(=O)CCc2cc(C(C)(C)C)c(O)c(C(C)(C)C)c2)cc(C(C)(C)C)c1O. The fraction of sp³-hybridized carbons (Fsp3) is 0.600. The van der Waals surface area contributed by atoms with Crippen LogP contribution in [-0.4, -0.2) is 48.6 Å². The Hall–Kier alpha value is -3.06. The quantitative estimate of drug-likeness (QED) is 0.205. The molecule has 42 heavy (non-hydrogen) atoms. The van der Waals surface area contributed by atoms with Crippen molar-refractivity contribution in [1.82, 2.24) is 0 Å². The first kappa shape index (κ1) is 35.1. The molecule has 0 heterocycles. The van der Waals surface area contributed by atoms with Crippen LogP contribution in [0.25, 0.3) is 0 Å². The van der Waals surface area contributed by atoms with Crippen LogP contribution in [0.4, 0.5) is 0 Å². The monoisotopic (exact) mass is 584 g/mol. The molecule has 0 radical (unpaired) electrons. The van der Waals surface area contributed by atoms with Crippen LogP contribution in [0, 0.1) is 6.92 Å². The fourth-order valence-corrected chi connectivity index (χ4v) is 4.72. The lowest BCUT2D eigenvalue weighted by Crippen LogP contribution is -2.18. The van der Waals surface area contributed by atoms with Crippen molar-refractivity contribution in [3.8, 4) is 11.5 Å². The number of aryl methyl sites for hydroxylation is 3. The molecule has 7 nitrogen and oxygen atoms in total. The molecule has 0 fully saturated rings. The van der Waals surface area contributed by atoms with Crippen molar-refractivity contribution in [3.05, 3.63) is 57.6 Å². The molecule has 2 aromatic rings. The highest BCUT2D eigenvalue weighted by molar-refractivity contribution is 5.70. The van der Waals surface area contributed by atoms with Crippen LogP contribution < -0.4 is 0 Å². The van der Waals surface area contributed by atoms with Crippen molar-refractivity contribution in [2.24, 2.45) is 0 Å². The molecule has 0 spiro atoms. The molecule has 0 atom stereocenters. The lowest BCUT2D eigenvalue weighted by atomic mass is 9.78. The summed E-state index contributed by atoms with van der Waals surface area (Å²) in [5, 5.41) is 21.3. The highest BCUT2D eigenvalue weighted by atomic mass is 16.6. The predicted molar refractivity (Wildman–Crippen MR) is 166 cm³/mol. The number of ether oxygens (including phenoxy) is 3. The molecule has 0 amide bonds. The molecular weight excluding hydrogens is 532 g/mol. The molecule has 0 aromatic heterocycles. The number of carbonyl (C=O) groups excluding carboxylic acids is 2. The van der Waals surface area contributed by atoms with Gasteiger partial charge >= 0.3 is 11.9 Å². The van der Waals surface area contributed by atoms with Crippen LogP contribution in [0.3, 0.4) is 0 Å². The van der Waals surface area contributed by atoms with E-state index in [2.05, 4.69) is 41.5 Å². The lowest BCUT2D eigenvalue weighted by molar-refractivity contribution is -0.146. The number of benzene rings is 2. The zero-order chi connectivity index (χ0) is 31.9. The minimum Gasteiger partial charge on any atom is -0.507 e. The van der Waals surface area contributed by atoms with Gasteiger partial charge in [0.1, 0.15) is 24.7 Å². The lowest BCUT2D eigenvalue weighted by Gasteiger charge is -2.28. The van der Waals surface area contributed by atoms with Crippen molar-refractivity contribution in [1.29, 1.82) is 0 Å². The molecule has 234 valence electrons. The van der Waals surface area contributed by atoms with Crippen LogP contribution in [0.2, 0.25) is 0 Å². The average molecular weight is 585 g/mol. The summed E-state index contributed by atoms with van der Waals surface area (Å²) in [7, 11) is 0. The summed E-state index contributed by atoms with van der Waals surface area (Å²) in [6.45, 7) is 21.1. The summed E-state index contributed by atoms with van der Waals surface area (Å²) in [6.07, 6.45) is 1.51. The summed E-state index contributed by atoms with van der Waals surface area (Å²) >= 11 is 0. The van der Waals surface area contributed by atoms with E-state index in [1.807, 2.05) is 52.0 Å². The van der Waals surface area contributed by atoms with Crippen molar-refractivity contribution in [2.75, 3.05) is 26.4 Å². The Morgan fingerprint density at radius 1 is 0.595 bits per heavy atom. The Bertz CT molecular complexity index is 1190. The number of hydrogen-bond acceptors (Lipinski definition) is 7. The normalized spacial score (nSPS) is 12.3. The number of aromatic hydroxyl groups is 2. The minimum absolute atomic E-state index is 0.124. The molecule has 0 aliphatic carbocycles. The van der Waals surface area contributed by atoms with Crippen LogP contribution in [0.1, 0.15) is 109 Å². The molecule has 0 aliphatic heterocycles. The van der Waals surface area contributed by atoms with E-state index in [9.17, 15) is 19.8 Å². The van der Waals surface area contributed by atoms with Crippen molar-refractivity contribution >= 4 is 11.9 Å². The molecule has 7 heteroatoms. The van der Waals surface area contributed by atoms with Crippen LogP contribution in [0.15, 0.2) is 24.3 Å². The maximum Gasteiger partial charge on any atom is 0.306 e. The maximum atomic E-state index is 12.3. The van der Waals surface area contributed by atoms with E-state index >= 15 is 0 Å². The van der Waals surface area contributed by atoms with Gasteiger partial charge in [0, 0.05) is 12.8 Å². The predicted octanol–water partition coefficient (Wildman–Crippen LogP) is 6.97. The van der Waals surface area contributed by atoms with Gasteiger partial charge < -0.3 is 24.4 Å². The first-order valence-corrected chi connectivity index (χ1v) is 14.9. The zero-order valence-electron chi connectivity index (χ0n) is 27.4. The Morgan fingerprint density at radius 2 is 0.952 bits per heavy atom.